The summed E-state index contributed by atoms with van der Waals surface area (Å²) in [6.45, 7) is 0. The maximum atomic E-state index is 11.1. The van der Waals surface area contributed by atoms with Gasteiger partial charge in [-0.15, -0.1) is 0 Å². The molecule has 2 amide bonds. The van der Waals surface area contributed by atoms with Gasteiger partial charge in [0.1, 0.15) is 0 Å². The van der Waals surface area contributed by atoms with Crippen LogP contribution in [0.2, 0.25) is 0 Å². The Balaban J connectivity index is 0.000000211. The molecule has 0 spiro atoms. The van der Waals surface area contributed by atoms with Crippen molar-refractivity contribution in [2.24, 2.45) is 0 Å². The number of rotatable bonds is 2. The molecule has 0 aliphatic carbocycles. The number of carbonyl (C=O) groups is 4. The van der Waals surface area contributed by atoms with Gasteiger partial charge in [0.05, 0.1) is 6.42 Å². The molecule has 0 atom stereocenters. The summed E-state index contributed by atoms with van der Waals surface area (Å²) in [5.41, 5.74) is 1.57. The molecule has 1 N–H and O–H groups in total. The number of allylic oxidation sites excluding steroid dienone is 1. The molecule has 2 heterocycles. The van der Waals surface area contributed by atoms with Crippen LogP contribution in [0.15, 0.2) is 54.1 Å². The number of amides is 2. The minimum atomic E-state index is -0.504. The lowest BCUT2D eigenvalue weighted by atomic mass is 10.1. The van der Waals surface area contributed by atoms with Gasteiger partial charge in [0.2, 0.25) is 0 Å². The molecule has 0 saturated carbocycles. The maximum absolute atomic E-state index is 11.1. The molecule has 6 heteroatoms. The van der Waals surface area contributed by atoms with Crippen LogP contribution in [0.4, 0.5) is 0 Å². The van der Waals surface area contributed by atoms with Crippen LogP contribution in [0.1, 0.15) is 12.0 Å². The van der Waals surface area contributed by atoms with Crippen LogP contribution in [-0.2, 0) is 30.3 Å². The summed E-state index contributed by atoms with van der Waals surface area (Å²) in [4.78, 5) is 42.0. The predicted octanol–water partition coefficient (Wildman–Crippen LogP) is 0.828. The fraction of sp³-hybridized carbons (Fsp3) is 0.125. The second-order valence-electron chi connectivity index (χ2n) is 4.54. The van der Waals surface area contributed by atoms with Gasteiger partial charge >= 0.3 is 11.9 Å². The number of cyclic esters (lactones) is 2. The van der Waals surface area contributed by atoms with Crippen LogP contribution < -0.4 is 5.32 Å². The zero-order chi connectivity index (χ0) is 15.9. The molecular weight excluding hydrogens is 286 g/mol. The normalized spacial score (nSPS) is 18.1. The van der Waals surface area contributed by atoms with Crippen molar-refractivity contribution in [1.29, 1.82) is 0 Å². The van der Waals surface area contributed by atoms with Crippen LogP contribution in [0.3, 0.4) is 0 Å². The molecule has 6 nitrogen and oxygen atoms in total. The van der Waals surface area contributed by atoms with E-state index in [-0.39, 0.29) is 18.2 Å². The van der Waals surface area contributed by atoms with Crippen LogP contribution >= 0.6 is 0 Å². The average Bonchev–Trinajstić information content (AvgIpc) is 3.03. The summed E-state index contributed by atoms with van der Waals surface area (Å²) in [5, 5.41) is 2.03. The smallest absolute Gasteiger partial charge is 0.341 e. The zero-order valence-corrected chi connectivity index (χ0v) is 11.6. The molecule has 2 aliphatic rings. The van der Waals surface area contributed by atoms with E-state index in [1.807, 2.05) is 35.6 Å². The molecule has 0 aromatic heterocycles. The van der Waals surface area contributed by atoms with Gasteiger partial charge in [-0.25, -0.2) is 4.79 Å². The first-order valence-corrected chi connectivity index (χ1v) is 6.55. The predicted molar refractivity (Wildman–Crippen MR) is 76.2 cm³/mol. The number of hydrogen-bond donors (Lipinski definition) is 1. The van der Waals surface area contributed by atoms with E-state index in [1.165, 1.54) is 12.2 Å². The van der Waals surface area contributed by atoms with E-state index in [4.69, 9.17) is 0 Å². The Hall–Kier alpha value is -3.02. The number of benzene rings is 1. The van der Waals surface area contributed by atoms with Crippen LogP contribution in [0.25, 0.3) is 0 Å². The van der Waals surface area contributed by atoms with E-state index in [0.717, 1.165) is 5.56 Å². The molecule has 1 fully saturated rings. The Kier molecular flexibility index (Phi) is 4.98. The van der Waals surface area contributed by atoms with E-state index >= 15 is 0 Å². The highest BCUT2D eigenvalue weighted by molar-refractivity contribution is 6.12. The van der Waals surface area contributed by atoms with Crippen molar-refractivity contribution in [3.63, 3.8) is 0 Å². The molecule has 0 radical (unpaired) electrons. The second-order valence-corrected chi connectivity index (χ2v) is 4.54. The highest BCUT2D eigenvalue weighted by Gasteiger charge is 2.26. The van der Waals surface area contributed by atoms with Crippen molar-refractivity contribution >= 4 is 23.8 Å². The highest BCUT2D eigenvalue weighted by Crippen LogP contribution is 2.15. The Morgan fingerprint density at radius 3 is 2.09 bits per heavy atom. The molecular formula is C16H13NO5. The van der Waals surface area contributed by atoms with E-state index in [1.54, 1.807) is 6.08 Å². The lowest BCUT2D eigenvalue weighted by Crippen LogP contribution is -2.19. The van der Waals surface area contributed by atoms with Gasteiger partial charge in [0.15, 0.2) is 0 Å². The summed E-state index contributed by atoms with van der Waals surface area (Å²) in [7, 11) is 0. The molecule has 1 saturated heterocycles. The molecule has 1 aromatic carbocycles. The standard InChI is InChI=1S/C12H10O3.C4H3NO2/c13-11-8-10(12(14)15-11)7-6-9-4-2-1-3-5-9;6-3-1-2-4(7)5-3/h1-5,7H,6,8H2;1-2H,(H,5,6,7). The third-order valence-electron chi connectivity index (χ3n) is 2.86. The van der Waals surface area contributed by atoms with E-state index < -0.39 is 11.9 Å². The lowest BCUT2D eigenvalue weighted by molar-refractivity contribution is -0.151. The third-order valence-corrected chi connectivity index (χ3v) is 2.86. The Morgan fingerprint density at radius 1 is 1.00 bits per heavy atom. The number of ether oxygens (including phenoxy) is 1. The van der Waals surface area contributed by atoms with E-state index in [0.29, 0.717) is 12.0 Å². The number of imide groups is 1. The van der Waals surface area contributed by atoms with Gasteiger partial charge in [0, 0.05) is 17.7 Å². The first kappa shape index (κ1) is 15.4. The van der Waals surface area contributed by atoms with Crippen molar-refractivity contribution in [2.45, 2.75) is 12.8 Å². The number of carbonyl (C=O) groups excluding carboxylic acids is 4. The highest BCUT2D eigenvalue weighted by atomic mass is 16.6. The monoisotopic (exact) mass is 299 g/mol. The van der Waals surface area contributed by atoms with Gasteiger partial charge < -0.3 is 4.74 Å². The lowest BCUT2D eigenvalue weighted by Gasteiger charge is -1.95. The molecule has 2 aliphatic heterocycles. The third kappa shape index (κ3) is 4.52. The van der Waals surface area contributed by atoms with Crippen molar-refractivity contribution in [3.05, 3.63) is 59.7 Å². The van der Waals surface area contributed by atoms with Crippen molar-refractivity contribution in [2.75, 3.05) is 0 Å². The van der Waals surface area contributed by atoms with Crippen LogP contribution in [-0.4, -0.2) is 23.8 Å². The first-order chi connectivity index (χ1) is 10.5. The average molecular weight is 299 g/mol. The van der Waals surface area contributed by atoms with E-state index in [2.05, 4.69) is 4.74 Å². The number of hydrogen-bond acceptors (Lipinski definition) is 5. The van der Waals surface area contributed by atoms with Gasteiger partial charge in [-0.2, -0.15) is 0 Å². The Morgan fingerprint density at radius 2 is 1.64 bits per heavy atom. The quantitative estimate of drug-likeness (QED) is 0.378. The summed E-state index contributed by atoms with van der Waals surface area (Å²) in [6, 6.07) is 9.75. The molecule has 22 heavy (non-hydrogen) atoms. The summed E-state index contributed by atoms with van der Waals surface area (Å²) in [5.74, 6) is -1.62. The fourth-order valence-electron chi connectivity index (χ4n) is 1.80. The van der Waals surface area contributed by atoms with Crippen LogP contribution in [0.5, 0.6) is 0 Å². The molecule has 0 unspecified atom stereocenters. The summed E-state index contributed by atoms with van der Waals surface area (Å²) in [6.07, 6.45) is 4.90. The second kappa shape index (κ2) is 7.12. The SMILES string of the molecule is O=C1C=CC(=O)N1.O=C1CC(=CCc2ccccc2)C(=O)O1. The minimum absolute atomic E-state index is 0.103. The topological polar surface area (TPSA) is 89.5 Å². The summed E-state index contributed by atoms with van der Waals surface area (Å²) >= 11 is 0. The van der Waals surface area contributed by atoms with Crippen LogP contribution in [0, 0.1) is 0 Å². The molecule has 1 aromatic rings. The first-order valence-electron chi connectivity index (χ1n) is 6.55. The maximum Gasteiger partial charge on any atom is 0.341 e. The Bertz CT molecular complexity index is 657. The van der Waals surface area contributed by atoms with Crippen molar-refractivity contribution < 1.29 is 23.9 Å². The Labute approximate surface area is 126 Å². The van der Waals surface area contributed by atoms with Gasteiger partial charge in [0.25, 0.3) is 11.8 Å². The summed E-state index contributed by atoms with van der Waals surface area (Å²) < 4.78 is 4.42. The fourth-order valence-corrected chi connectivity index (χ4v) is 1.80. The van der Waals surface area contributed by atoms with E-state index in [9.17, 15) is 19.2 Å². The van der Waals surface area contributed by atoms with Crippen molar-refractivity contribution in [3.8, 4) is 0 Å². The number of nitrogens with one attached hydrogen (secondary N) is 1. The molecule has 112 valence electrons. The largest absolute Gasteiger partial charge is 0.389 e. The van der Waals surface area contributed by atoms with Gasteiger partial charge in [-0.3, -0.25) is 19.7 Å². The molecule has 3 rings (SSSR count). The molecule has 0 bridgehead atoms. The number of esters is 2. The zero-order valence-electron chi connectivity index (χ0n) is 11.6. The minimum Gasteiger partial charge on any atom is -0.389 e. The van der Waals surface area contributed by atoms with Crippen molar-refractivity contribution in [1.82, 2.24) is 5.32 Å². The van der Waals surface area contributed by atoms with Gasteiger partial charge in [-0.05, 0) is 12.0 Å². The van der Waals surface area contributed by atoms with Gasteiger partial charge in [-0.1, -0.05) is 36.4 Å².